The Bertz CT molecular complexity index is 1090. The minimum Gasteiger partial charge on any atom is -0.493 e. The minimum absolute atomic E-state index is 0.651. The number of amidine groups is 1. The number of methoxy groups -OCH3 is 2. The van der Waals surface area contributed by atoms with Gasteiger partial charge in [-0.25, -0.2) is 4.99 Å². The average molecular weight is 386 g/mol. The molecule has 2 heterocycles. The van der Waals surface area contributed by atoms with E-state index in [1.54, 1.807) is 26.6 Å². The van der Waals surface area contributed by atoms with Crippen molar-refractivity contribution in [1.82, 2.24) is 10.4 Å². The zero-order chi connectivity index (χ0) is 20.2. The van der Waals surface area contributed by atoms with Crippen LogP contribution in [0.3, 0.4) is 0 Å². The molecular formula is C23H22N4O2. The number of nitrogens with zero attached hydrogens (tertiary/aromatic N) is 3. The van der Waals surface area contributed by atoms with Crippen LogP contribution in [-0.2, 0) is 6.42 Å². The van der Waals surface area contributed by atoms with Crippen molar-refractivity contribution in [3.05, 3.63) is 83.2 Å². The van der Waals surface area contributed by atoms with Crippen LogP contribution in [0.4, 0.5) is 5.69 Å². The van der Waals surface area contributed by atoms with E-state index in [0.29, 0.717) is 17.3 Å². The van der Waals surface area contributed by atoms with Crippen LogP contribution in [0, 0.1) is 0 Å². The number of aliphatic imine (C=N–C) groups is 1. The van der Waals surface area contributed by atoms with Gasteiger partial charge in [-0.05, 0) is 54.4 Å². The van der Waals surface area contributed by atoms with Crippen LogP contribution in [0.2, 0.25) is 0 Å². The van der Waals surface area contributed by atoms with Gasteiger partial charge in [0.15, 0.2) is 17.3 Å². The third-order valence-corrected chi connectivity index (χ3v) is 4.82. The standard InChI is InChI=1S/C23H22N4O2/c1-4-15-7-9-19-18(12-15)22(16-8-10-20(28-2)21(13-16)29-3)26-27-23(25-19)17-6-5-11-24-14-17/h5-14H,4H2,1-3H3,(H,25,27). The Hall–Kier alpha value is -3.67. The first-order valence-corrected chi connectivity index (χ1v) is 9.42. The molecule has 146 valence electrons. The maximum Gasteiger partial charge on any atom is 0.161 e. The van der Waals surface area contributed by atoms with Crippen molar-refractivity contribution >= 4 is 17.2 Å². The van der Waals surface area contributed by atoms with Crippen molar-refractivity contribution in [3.63, 3.8) is 0 Å². The SMILES string of the molecule is CCc1ccc2c(c1)C(c1ccc(OC)c(OC)c1)=NNC(c1cccnc1)=N2. The molecule has 0 saturated heterocycles. The first kappa shape index (κ1) is 18.7. The minimum atomic E-state index is 0.651. The van der Waals surface area contributed by atoms with Crippen molar-refractivity contribution in [2.75, 3.05) is 14.2 Å². The summed E-state index contributed by atoms with van der Waals surface area (Å²) in [6.45, 7) is 2.13. The highest BCUT2D eigenvalue weighted by atomic mass is 16.5. The molecule has 1 aliphatic rings. The summed E-state index contributed by atoms with van der Waals surface area (Å²) in [5.74, 6) is 1.98. The van der Waals surface area contributed by atoms with Crippen molar-refractivity contribution < 1.29 is 9.47 Å². The summed E-state index contributed by atoms with van der Waals surface area (Å²) in [6, 6.07) is 15.9. The Kier molecular flexibility index (Phi) is 5.24. The molecule has 0 saturated carbocycles. The molecule has 0 radical (unpaired) electrons. The van der Waals surface area contributed by atoms with Gasteiger partial charge in [0.2, 0.25) is 0 Å². The highest BCUT2D eigenvalue weighted by molar-refractivity contribution is 6.18. The topological polar surface area (TPSA) is 68.1 Å². The van der Waals surface area contributed by atoms with Crippen molar-refractivity contribution in [1.29, 1.82) is 0 Å². The van der Waals surface area contributed by atoms with E-state index in [9.17, 15) is 0 Å². The van der Waals surface area contributed by atoms with Gasteiger partial charge in [0.25, 0.3) is 0 Å². The number of aryl methyl sites for hydroxylation is 1. The normalized spacial score (nSPS) is 12.8. The molecule has 0 bridgehead atoms. The molecule has 1 aromatic heterocycles. The maximum absolute atomic E-state index is 5.48. The lowest BCUT2D eigenvalue weighted by atomic mass is 9.97. The number of pyridine rings is 1. The van der Waals surface area contributed by atoms with E-state index >= 15 is 0 Å². The summed E-state index contributed by atoms with van der Waals surface area (Å²) in [5.41, 5.74) is 8.72. The second-order valence-corrected chi connectivity index (χ2v) is 6.55. The zero-order valence-electron chi connectivity index (χ0n) is 16.6. The number of fused-ring (bicyclic) bond motifs is 1. The molecular weight excluding hydrogens is 364 g/mol. The van der Waals surface area contributed by atoms with Gasteiger partial charge in [0, 0.05) is 29.1 Å². The van der Waals surface area contributed by atoms with E-state index in [0.717, 1.165) is 34.5 Å². The third kappa shape index (κ3) is 3.69. The van der Waals surface area contributed by atoms with Gasteiger partial charge in [-0.2, -0.15) is 5.10 Å². The van der Waals surface area contributed by atoms with E-state index in [4.69, 9.17) is 19.6 Å². The fourth-order valence-corrected chi connectivity index (χ4v) is 3.24. The van der Waals surface area contributed by atoms with Crippen LogP contribution in [0.5, 0.6) is 11.5 Å². The van der Waals surface area contributed by atoms with Crippen molar-refractivity contribution in [3.8, 4) is 11.5 Å². The van der Waals surface area contributed by atoms with Gasteiger partial charge < -0.3 is 9.47 Å². The van der Waals surface area contributed by atoms with E-state index in [1.165, 1.54) is 5.56 Å². The zero-order valence-corrected chi connectivity index (χ0v) is 16.6. The molecule has 0 atom stereocenters. The Morgan fingerprint density at radius 1 is 0.931 bits per heavy atom. The lowest BCUT2D eigenvalue weighted by Gasteiger charge is -2.12. The highest BCUT2D eigenvalue weighted by Gasteiger charge is 2.19. The van der Waals surface area contributed by atoms with Gasteiger partial charge in [0.05, 0.1) is 19.9 Å². The number of rotatable bonds is 5. The number of hydrogen-bond donors (Lipinski definition) is 1. The van der Waals surface area contributed by atoms with Crippen LogP contribution in [0.1, 0.15) is 29.2 Å². The molecule has 1 N–H and O–H groups in total. The van der Waals surface area contributed by atoms with Crippen LogP contribution in [-0.4, -0.2) is 30.8 Å². The number of aromatic nitrogens is 1. The first-order valence-electron chi connectivity index (χ1n) is 9.42. The lowest BCUT2D eigenvalue weighted by Crippen LogP contribution is -2.19. The highest BCUT2D eigenvalue weighted by Crippen LogP contribution is 2.32. The second kappa shape index (κ2) is 8.14. The summed E-state index contributed by atoms with van der Waals surface area (Å²) in [6.07, 6.45) is 4.43. The first-order chi connectivity index (χ1) is 14.2. The van der Waals surface area contributed by atoms with Crippen LogP contribution < -0.4 is 14.9 Å². The molecule has 3 aromatic rings. The van der Waals surface area contributed by atoms with Gasteiger partial charge in [0.1, 0.15) is 5.71 Å². The summed E-state index contributed by atoms with van der Waals surface area (Å²) in [4.78, 5) is 9.02. The molecule has 0 spiro atoms. The summed E-state index contributed by atoms with van der Waals surface area (Å²) >= 11 is 0. The van der Waals surface area contributed by atoms with Crippen molar-refractivity contribution in [2.45, 2.75) is 13.3 Å². The van der Waals surface area contributed by atoms with Crippen LogP contribution >= 0.6 is 0 Å². The molecule has 4 rings (SSSR count). The lowest BCUT2D eigenvalue weighted by molar-refractivity contribution is 0.355. The molecule has 6 heteroatoms. The fraction of sp³-hybridized carbons (Fsp3) is 0.174. The summed E-state index contributed by atoms with van der Waals surface area (Å²) in [5, 5.41) is 4.71. The number of hydrazone groups is 1. The summed E-state index contributed by atoms with van der Waals surface area (Å²) in [7, 11) is 3.25. The smallest absolute Gasteiger partial charge is 0.161 e. The average Bonchev–Trinajstić information content (AvgIpc) is 2.98. The Balaban J connectivity index is 1.87. The largest absolute Gasteiger partial charge is 0.493 e. The van der Waals surface area contributed by atoms with E-state index < -0.39 is 0 Å². The number of nitrogens with one attached hydrogen (secondary N) is 1. The van der Waals surface area contributed by atoms with Gasteiger partial charge in [-0.1, -0.05) is 13.0 Å². The molecule has 0 unspecified atom stereocenters. The Morgan fingerprint density at radius 3 is 2.52 bits per heavy atom. The second-order valence-electron chi connectivity index (χ2n) is 6.55. The molecule has 1 aliphatic heterocycles. The molecule has 2 aromatic carbocycles. The van der Waals surface area contributed by atoms with E-state index in [2.05, 4.69) is 29.5 Å². The van der Waals surface area contributed by atoms with Crippen LogP contribution in [0.25, 0.3) is 0 Å². The number of benzene rings is 2. The monoisotopic (exact) mass is 386 g/mol. The Morgan fingerprint density at radius 2 is 1.79 bits per heavy atom. The predicted octanol–water partition coefficient (Wildman–Crippen LogP) is 4.10. The molecule has 29 heavy (non-hydrogen) atoms. The maximum atomic E-state index is 5.48. The number of ether oxygens (including phenoxy) is 2. The van der Waals surface area contributed by atoms with Crippen LogP contribution in [0.15, 0.2) is 71.0 Å². The summed E-state index contributed by atoms with van der Waals surface area (Å²) < 4.78 is 10.9. The quantitative estimate of drug-likeness (QED) is 0.717. The van der Waals surface area contributed by atoms with Crippen molar-refractivity contribution in [2.24, 2.45) is 10.1 Å². The third-order valence-electron chi connectivity index (χ3n) is 4.82. The predicted molar refractivity (Wildman–Crippen MR) is 115 cm³/mol. The molecule has 0 fully saturated rings. The van der Waals surface area contributed by atoms with E-state index in [-0.39, 0.29) is 0 Å². The molecule has 6 nitrogen and oxygen atoms in total. The van der Waals surface area contributed by atoms with E-state index in [1.807, 2.05) is 36.4 Å². The Labute approximate surface area is 169 Å². The molecule has 0 amide bonds. The van der Waals surface area contributed by atoms with Gasteiger partial charge in [-0.15, -0.1) is 0 Å². The fourth-order valence-electron chi connectivity index (χ4n) is 3.24. The molecule has 0 aliphatic carbocycles. The van der Waals surface area contributed by atoms with Gasteiger partial charge in [-0.3, -0.25) is 10.4 Å². The van der Waals surface area contributed by atoms with Gasteiger partial charge >= 0.3 is 0 Å². The number of hydrogen-bond acceptors (Lipinski definition) is 6.